The van der Waals surface area contributed by atoms with E-state index in [0.29, 0.717) is 16.7 Å². The van der Waals surface area contributed by atoms with E-state index in [0.717, 1.165) is 0 Å². The molecular formula is C15H30. The van der Waals surface area contributed by atoms with Crippen LogP contribution in [0.5, 0.6) is 0 Å². The van der Waals surface area contributed by atoms with Crippen molar-refractivity contribution in [2.45, 2.75) is 68.2 Å². The molecule has 0 heterocycles. The van der Waals surface area contributed by atoms with Crippen molar-refractivity contribution in [1.29, 1.82) is 0 Å². The van der Waals surface area contributed by atoms with Crippen molar-refractivity contribution in [3.63, 3.8) is 0 Å². The van der Waals surface area contributed by atoms with E-state index in [4.69, 9.17) is 0 Å². The van der Waals surface area contributed by atoms with Crippen LogP contribution in [0.4, 0.5) is 0 Å². The summed E-state index contributed by atoms with van der Waals surface area (Å²) >= 11 is 0. The van der Waals surface area contributed by atoms with Crippen LogP contribution in [0.2, 0.25) is 0 Å². The molecule has 0 N–H and O–H groups in total. The lowest BCUT2D eigenvalue weighted by Gasteiger charge is -2.42. The third-order valence-corrected chi connectivity index (χ3v) is 4.05. The minimum absolute atomic E-state index is 0.386. The Balaban J connectivity index is 4.64. The Morgan fingerprint density at radius 1 is 1.07 bits per heavy atom. The second-order valence-electron chi connectivity index (χ2n) is 6.56. The molecule has 0 nitrogen and oxygen atoms in total. The van der Waals surface area contributed by atoms with Gasteiger partial charge in [-0.1, -0.05) is 66.5 Å². The zero-order valence-corrected chi connectivity index (χ0v) is 12.1. The van der Waals surface area contributed by atoms with Crippen LogP contribution in [0.3, 0.4) is 0 Å². The highest BCUT2D eigenvalue weighted by Crippen LogP contribution is 2.45. The van der Waals surface area contributed by atoms with E-state index < -0.39 is 0 Å². The van der Waals surface area contributed by atoms with E-state index >= 15 is 0 Å². The van der Waals surface area contributed by atoms with Crippen molar-refractivity contribution in [3.05, 3.63) is 11.6 Å². The van der Waals surface area contributed by atoms with Gasteiger partial charge in [0.15, 0.2) is 0 Å². The number of hydrogen-bond donors (Lipinski definition) is 0. The summed E-state index contributed by atoms with van der Waals surface area (Å²) < 4.78 is 0. The first-order valence-electron chi connectivity index (χ1n) is 6.29. The van der Waals surface area contributed by atoms with Crippen molar-refractivity contribution in [2.24, 2.45) is 16.7 Å². The number of allylic oxidation sites excluding steroid dienone is 2. The van der Waals surface area contributed by atoms with E-state index in [2.05, 4.69) is 61.5 Å². The normalized spacial score (nSPS) is 14.9. The molecule has 0 aromatic heterocycles. The molecule has 0 bridgehead atoms. The van der Waals surface area contributed by atoms with Crippen molar-refractivity contribution >= 4 is 0 Å². The standard InChI is InChI=1S/C15H30/c1-9-14(5,6)15(7,8)11-13(4)10-12(2)3/h10,12H,9,11H2,1-8H3. The fourth-order valence-corrected chi connectivity index (χ4v) is 2.04. The van der Waals surface area contributed by atoms with Crippen LogP contribution >= 0.6 is 0 Å². The van der Waals surface area contributed by atoms with Gasteiger partial charge in [0.05, 0.1) is 0 Å². The second kappa shape index (κ2) is 5.18. The molecule has 0 aliphatic rings. The van der Waals surface area contributed by atoms with Gasteiger partial charge in [-0.05, 0) is 30.1 Å². The molecule has 0 aromatic rings. The fraction of sp³-hybridized carbons (Fsp3) is 0.867. The number of hydrogen-bond acceptors (Lipinski definition) is 0. The van der Waals surface area contributed by atoms with Crippen LogP contribution < -0.4 is 0 Å². The monoisotopic (exact) mass is 210 g/mol. The third kappa shape index (κ3) is 4.40. The van der Waals surface area contributed by atoms with Gasteiger partial charge in [0.25, 0.3) is 0 Å². The predicted molar refractivity (Wildman–Crippen MR) is 71.1 cm³/mol. The highest BCUT2D eigenvalue weighted by molar-refractivity contribution is 5.05. The lowest BCUT2D eigenvalue weighted by atomic mass is 9.63. The Hall–Kier alpha value is -0.260. The molecule has 0 heteroatoms. The molecule has 0 spiro atoms. The molecule has 0 unspecified atom stereocenters. The molecule has 0 aliphatic heterocycles. The van der Waals surface area contributed by atoms with Gasteiger partial charge in [0.1, 0.15) is 0 Å². The molecule has 0 fully saturated rings. The first-order valence-corrected chi connectivity index (χ1v) is 6.29. The smallest absolute Gasteiger partial charge is 0.0266 e. The molecule has 90 valence electrons. The summed E-state index contributed by atoms with van der Waals surface area (Å²) in [7, 11) is 0. The van der Waals surface area contributed by atoms with Crippen molar-refractivity contribution in [3.8, 4) is 0 Å². The summed E-state index contributed by atoms with van der Waals surface area (Å²) in [6, 6.07) is 0. The highest BCUT2D eigenvalue weighted by atomic mass is 14.4. The maximum Gasteiger partial charge on any atom is -0.0266 e. The van der Waals surface area contributed by atoms with Gasteiger partial charge in [-0.2, -0.15) is 0 Å². The lowest BCUT2D eigenvalue weighted by molar-refractivity contribution is 0.104. The van der Waals surface area contributed by atoms with Crippen molar-refractivity contribution < 1.29 is 0 Å². The summed E-state index contributed by atoms with van der Waals surface area (Å²) in [4.78, 5) is 0. The van der Waals surface area contributed by atoms with E-state index in [1.54, 1.807) is 0 Å². The number of rotatable bonds is 5. The Morgan fingerprint density at radius 3 is 1.87 bits per heavy atom. The fourth-order valence-electron chi connectivity index (χ4n) is 2.04. The average molecular weight is 210 g/mol. The minimum atomic E-state index is 0.386. The lowest BCUT2D eigenvalue weighted by Crippen LogP contribution is -2.32. The van der Waals surface area contributed by atoms with E-state index in [1.807, 2.05) is 0 Å². The quantitative estimate of drug-likeness (QED) is 0.530. The second-order valence-corrected chi connectivity index (χ2v) is 6.56. The predicted octanol–water partition coefficient (Wildman–Crippen LogP) is 5.44. The van der Waals surface area contributed by atoms with Gasteiger partial charge in [0, 0.05) is 0 Å². The Morgan fingerprint density at radius 2 is 1.53 bits per heavy atom. The van der Waals surface area contributed by atoms with Crippen LogP contribution in [-0.4, -0.2) is 0 Å². The maximum atomic E-state index is 2.40. The Labute approximate surface area is 97.2 Å². The SMILES string of the molecule is CCC(C)(C)C(C)(C)CC(C)=CC(C)C. The van der Waals surface area contributed by atoms with E-state index in [9.17, 15) is 0 Å². The largest absolute Gasteiger partial charge is 0.0830 e. The minimum Gasteiger partial charge on any atom is -0.0830 e. The molecule has 0 aromatic carbocycles. The summed E-state index contributed by atoms with van der Waals surface area (Å²) in [6.45, 7) is 18.6. The summed E-state index contributed by atoms with van der Waals surface area (Å²) in [5, 5.41) is 0. The van der Waals surface area contributed by atoms with Crippen LogP contribution in [0.1, 0.15) is 68.2 Å². The maximum absolute atomic E-state index is 2.40. The molecule has 15 heavy (non-hydrogen) atoms. The molecule has 0 rings (SSSR count). The van der Waals surface area contributed by atoms with Gasteiger partial charge >= 0.3 is 0 Å². The molecule has 0 amide bonds. The van der Waals surface area contributed by atoms with Crippen LogP contribution in [0.15, 0.2) is 11.6 Å². The van der Waals surface area contributed by atoms with Crippen molar-refractivity contribution in [2.75, 3.05) is 0 Å². The summed E-state index contributed by atoms with van der Waals surface area (Å²) in [6.07, 6.45) is 4.86. The summed E-state index contributed by atoms with van der Waals surface area (Å²) in [5.41, 5.74) is 2.34. The molecule has 0 saturated carbocycles. The first kappa shape index (κ1) is 14.7. The summed E-state index contributed by atoms with van der Waals surface area (Å²) in [5.74, 6) is 0.672. The highest BCUT2D eigenvalue weighted by Gasteiger charge is 2.35. The van der Waals surface area contributed by atoms with Crippen LogP contribution in [-0.2, 0) is 0 Å². The molecule has 0 saturated heterocycles. The van der Waals surface area contributed by atoms with Crippen LogP contribution in [0, 0.1) is 16.7 Å². The van der Waals surface area contributed by atoms with Gasteiger partial charge in [-0.3, -0.25) is 0 Å². The molecule has 0 radical (unpaired) electrons. The Kier molecular flexibility index (Phi) is 5.09. The molecular weight excluding hydrogens is 180 g/mol. The zero-order valence-electron chi connectivity index (χ0n) is 12.1. The average Bonchev–Trinajstić information content (AvgIpc) is 2.00. The Bertz CT molecular complexity index is 216. The van der Waals surface area contributed by atoms with Crippen molar-refractivity contribution in [1.82, 2.24) is 0 Å². The van der Waals surface area contributed by atoms with Gasteiger partial charge < -0.3 is 0 Å². The van der Waals surface area contributed by atoms with E-state index in [-0.39, 0.29) is 0 Å². The van der Waals surface area contributed by atoms with Gasteiger partial charge in [-0.15, -0.1) is 0 Å². The third-order valence-electron chi connectivity index (χ3n) is 4.05. The van der Waals surface area contributed by atoms with Crippen LogP contribution in [0.25, 0.3) is 0 Å². The zero-order chi connectivity index (χ0) is 12.3. The van der Waals surface area contributed by atoms with E-state index in [1.165, 1.54) is 18.4 Å². The first-order chi connectivity index (χ1) is 6.62. The van der Waals surface area contributed by atoms with Gasteiger partial charge in [0.2, 0.25) is 0 Å². The molecule has 0 aliphatic carbocycles. The van der Waals surface area contributed by atoms with Gasteiger partial charge in [-0.25, -0.2) is 0 Å². The molecule has 0 atom stereocenters. The topological polar surface area (TPSA) is 0 Å².